The molecule has 2 nitrogen and oxygen atoms in total. The van der Waals surface area contributed by atoms with Crippen molar-refractivity contribution in [1.82, 2.24) is 9.88 Å². The zero-order valence-corrected chi connectivity index (χ0v) is 11.7. The van der Waals surface area contributed by atoms with Gasteiger partial charge in [0.1, 0.15) is 5.82 Å². The van der Waals surface area contributed by atoms with Crippen molar-refractivity contribution in [3.63, 3.8) is 0 Å². The second-order valence-electron chi connectivity index (χ2n) is 4.24. The van der Waals surface area contributed by atoms with E-state index in [1.807, 2.05) is 25.2 Å². The third-order valence-corrected chi connectivity index (χ3v) is 3.56. The number of aromatic nitrogens is 1. The summed E-state index contributed by atoms with van der Waals surface area (Å²) >= 11 is 3.28. The zero-order chi connectivity index (χ0) is 13.0. The molecule has 0 saturated carbocycles. The summed E-state index contributed by atoms with van der Waals surface area (Å²) in [5.41, 5.74) is 2.14. The summed E-state index contributed by atoms with van der Waals surface area (Å²) in [5.74, 6) is -0.218. The Morgan fingerprint density at radius 3 is 2.61 bits per heavy atom. The molecule has 0 saturated heterocycles. The van der Waals surface area contributed by atoms with Crippen molar-refractivity contribution < 1.29 is 4.39 Å². The van der Waals surface area contributed by atoms with Gasteiger partial charge in [-0.05, 0) is 52.3 Å². The van der Waals surface area contributed by atoms with Gasteiger partial charge in [0.15, 0.2) is 0 Å². The van der Waals surface area contributed by atoms with Gasteiger partial charge in [-0.25, -0.2) is 4.39 Å². The summed E-state index contributed by atoms with van der Waals surface area (Å²) in [5, 5.41) is 0. The average molecular weight is 309 g/mol. The van der Waals surface area contributed by atoms with Gasteiger partial charge in [0.25, 0.3) is 0 Å². The highest BCUT2D eigenvalue weighted by molar-refractivity contribution is 9.10. The molecule has 94 valence electrons. The van der Waals surface area contributed by atoms with Gasteiger partial charge in [-0.15, -0.1) is 0 Å². The highest BCUT2D eigenvalue weighted by atomic mass is 79.9. The molecule has 1 aromatic carbocycles. The van der Waals surface area contributed by atoms with Gasteiger partial charge in [0.2, 0.25) is 0 Å². The smallest absolute Gasteiger partial charge is 0.137 e. The van der Waals surface area contributed by atoms with Crippen LogP contribution >= 0.6 is 15.9 Å². The molecule has 1 aromatic heterocycles. The van der Waals surface area contributed by atoms with Crippen LogP contribution in [0.5, 0.6) is 0 Å². The van der Waals surface area contributed by atoms with E-state index in [1.54, 1.807) is 18.5 Å². The molecule has 1 heterocycles. The third kappa shape index (κ3) is 3.37. The number of hydrogen-bond acceptors (Lipinski definition) is 2. The number of rotatable bonds is 4. The Balaban J connectivity index is 2.03. The van der Waals surface area contributed by atoms with Crippen molar-refractivity contribution >= 4 is 15.9 Å². The molecular weight excluding hydrogens is 295 g/mol. The molecule has 0 atom stereocenters. The minimum absolute atomic E-state index is 0.218. The van der Waals surface area contributed by atoms with E-state index in [9.17, 15) is 4.39 Å². The third-order valence-electron chi connectivity index (χ3n) is 2.67. The van der Waals surface area contributed by atoms with Gasteiger partial charge in [0.05, 0.1) is 4.47 Å². The Hall–Kier alpha value is -1.26. The maximum absolute atomic E-state index is 13.4. The molecule has 0 amide bonds. The topological polar surface area (TPSA) is 16.1 Å². The first-order valence-corrected chi connectivity index (χ1v) is 6.46. The molecule has 0 aliphatic rings. The van der Waals surface area contributed by atoms with Gasteiger partial charge in [0, 0.05) is 25.5 Å². The van der Waals surface area contributed by atoms with Crippen LogP contribution in [0.1, 0.15) is 11.1 Å². The maximum Gasteiger partial charge on any atom is 0.137 e. The van der Waals surface area contributed by atoms with E-state index in [2.05, 4.69) is 25.8 Å². The minimum atomic E-state index is -0.218. The monoisotopic (exact) mass is 308 g/mol. The van der Waals surface area contributed by atoms with Gasteiger partial charge in [-0.1, -0.05) is 12.1 Å². The lowest BCUT2D eigenvalue weighted by molar-refractivity contribution is 0.317. The molecule has 0 aliphatic carbocycles. The van der Waals surface area contributed by atoms with Crippen molar-refractivity contribution in [3.8, 4) is 0 Å². The number of hydrogen-bond donors (Lipinski definition) is 0. The molecule has 0 unspecified atom stereocenters. The molecule has 2 rings (SSSR count). The van der Waals surface area contributed by atoms with Gasteiger partial charge in [-0.3, -0.25) is 9.88 Å². The predicted octanol–water partition coefficient (Wildman–Crippen LogP) is 3.62. The minimum Gasteiger partial charge on any atom is -0.298 e. The van der Waals surface area contributed by atoms with E-state index in [1.165, 1.54) is 11.6 Å². The Kier molecular flexibility index (Phi) is 4.44. The average Bonchev–Trinajstić information content (AvgIpc) is 2.36. The van der Waals surface area contributed by atoms with E-state index in [4.69, 9.17) is 0 Å². The lowest BCUT2D eigenvalue weighted by Crippen LogP contribution is -2.17. The highest BCUT2D eigenvalue weighted by Gasteiger charge is 2.08. The van der Waals surface area contributed by atoms with Crippen LogP contribution in [-0.2, 0) is 13.1 Å². The zero-order valence-electron chi connectivity index (χ0n) is 10.1. The van der Waals surface area contributed by atoms with Crippen LogP contribution in [0.3, 0.4) is 0 Å². The fourth-order valence-electron chi connectivity index (χ4n) is 1.82. The fourth-order valence-corrected chi connectivity index (χ4v) is 2.21. The summed E-state index contributed by atoms with van der Waals surface area (Å²) in [4.78, 5) is 6.12. The number of benzene rings is 1. The summed E-state index contributed by atoms with van der Waals surface area (Å²) in [6.07, 6.45) is 3.56. The van der Waals surface area contributed by atoms with Crippen LogP contribution < -0.4 is 0 Å². The lowest BCUT2D eigenvalue weighted by Gasteiger charge is -2.17. The quantitative estimate of drug-likeness (QED) is 0.857. The first-order valence-electron chi connectivity index (χ1n) is 5.67. The van der Waals surface area contributed by atoms with Crippen molar-refractivity contribution in [3.05, 3.63) is 64.1 Å². The fraction of sp³-hybridized carbons (Fsp3) is 0.214. The number of nitrogens with zero attached hydrogens (tertiary/aromatic N) is 2. The Bertz CT molecular complexity index is 516. The first kappa shape index (κ1) is 13.2. The normalized spacial score (nSPS) is 10.9. The van der Waals surface area contributed by atoms with Crippen LogP contribution in [0.2, 0.25) is 0 Å². The van der Waals surface area contributed by atoms with E-state index in [-0.39, 0.29) is 5.82 Å². The summed E-state index contributed by atoms with van der Waals surface area (Å²) < 4.78 is 13.9. The van der Waals surface area contributed by atoms with Crippen molar-refractivity contribution in [2.45, 2.75) is 13.1 Å². The van der Waals surface area contributed by atoms with Crippen LogP contribution in [-0.4, -0.2) is 16.9 Å². The molecule has 0 aliphatic heterocycles. The first-order chi connectivity index (χ1) is 8.66. The van der Waals surface area contributed by atoms with Crippen molar-refractivity contribution in [1.29, 1.82) is 0 Å². The predicted molar refractivity (Wildman–Crippen MR) is 73.5 cm³/mol. The highest BCUT2D eigenvalue weighted by Crippen LogP contribution is 2.21. The molecule has 4 heteroatoms. The molecule has 0 fully saturated rings. The molecule has 2 aromatic rings. The number of halogens is 2. The van der Waals surface area contributed by atoms with Crippen LogP contribution in [0.4, 0.5) is 4.39 Å². The van der Waals surface area contributed by atoms with Crippen LogP contribution in [0.15, 0.2) is 47.2 Å². The summed E-state index contributed by atoms with van der Waals surface area (Å²) in [7, 11) is 2.01. The van der Waals surface area contributed by atoms with Gasteiger partial charge in [-0.2, -0.15) is 0 Å². The van der Waals surface area contributed by atoms with E-state index in [0.29, 0.717) is 11.0 Å². The molecule has 18 heavy (non-hydrogen) atoms. The van der Waals surface area contributed by atoms with Gasteiger partial charge >= 0.3 is 0 Å². The van der Waals surface area contributed by atoms with E-state index in [0.717, 1.165) is 12.1 Å². The van der Waals surface area contributed by atoms with Crippen molar-refractivity contribution in [2.75, 3.05) is 7.05 Å². The standard InChI is InChI=1S/C14H14BrFN2/c1-18(9-11-5-7-17-8-6-11)10-12-3-2-4-13(16)14(12)15/h2-8H,9-10H2,1H3. The molecular formula is C14H14BrFN2. The molecule has 0 bridgehead atoms. The Morgan fingerprint density at radius 2 is 1.89 bits per heavy atom. The molecule has 0 radical (unpaired) electrons. The van der Waals surface area contributed by atoms with E-state index >= 15 is 0 Å². The lowest BCUT2D eigenvalue weighted by atomic mass is 10.2. The van der Waals surface area contributed by atoms with E-state index < -0.39 is 0 Å². The summed E-state index contributed by atoms with van der Waals surface area (Å²) in [6, 6.07) is 9.08. The Labute approximate surface area is 115 Å². The summed E-state index contributed by atoms with van der Waals surface area (Å²) in [6.45, 7) is 1.51. The second kappa shape index (κ2) is 6.07. The number of pyridine rings is 1. The molecule has 0 N–H and O–H groups in total. The van der Waals surface area contributed by atoms with Crippen LogP contribution in [0, 0.1) is 5.82 Å². The molecule has 0 spiro atoms. The largest absolute Gasteiger partial charge is 0.298 e. The van der Waals surface area contributed by atoms with Crippen LogP contribution in [0.25, 0.3) is 0 Å². The Morgan fingerprint density at radius 1 is 1.17 bits per heavy atom. The van der Waals surface area contributed by atoms with Crippen molar-refractivity contribution in [2.24, 2.45) is 0 Å². The second-order valence-corrected chi connectivity index (χ2v) is 5.03. The maximum atomic E-state index is 13.4. The SMILES string of the molecule is CN(Cc1ccncc1)Cc1cccc(F)c1Br. The van der Waals surface area contributed by atoms with Gasteiger partial charge < -0.3 is 0 Å².